The summed E-state index contributed by atoms with van der Waals surface area (Å²) in [4.78, 5) is 18.5. The van der Waals surface area contributed by atoms with Crippen LogP contribution >= 0.6 is 27.7 Å². The van der Waals surface area contributed by atoms with Crippen LogP contribution in [0.25, 0.3) is 11.3 Å². The molecular formula is C17H13BrN4O3S. The first-order valence-electron chi connectivity index (χ1n) is 7.68. The quantitative estimate of drug-likeness (QED) is 0.564. The Morgan fingerprint density at radius 1 is 1.23 bits per heavy atom. The van der Waals surface area contributed by atoms with Crippen molar-refractivity contribution in [2.45, 2.75) is 18.3 Å². The lowest BCUT2D eigenvalue weighted by Gasteiger charge is -2.28. The van der Waals surface area contributed by atoms with Crippen molar-refractivity contribution in [2.24, 2.45) is 0 Å². The third kappa shape index (κ3) is 2.86. The van der Waals surface area contributed by atoms with Gasteiger partial charge >= 0.3 is 0 Å². The number of carbonyl (C=O) groups excluding carboxylic acids is 1. The number of fused-ring (bicyclic) bond motifs is 3. The molecule has 7 nitrogen and oxygen atoms in total. The minimum Gasteiger partial charge on any atom is -0.448 e. The molecule has 1 aliphatic heterocycles. The van der Waals surface area contributed by atoms with Gasteiger partial charge in [0.2, 0.25) is 23.2 Å². The molecule has 0 saturated carbocycles. The highest BCUT2D eigenvalue weighted by Crippen LogP contribution is 2.43. The van der Waals surface area contributed by atoms with Crippen LogP contribution in [-0.4, -0.2) is 27.3 Å². The minimum absolute atomic E-state index is 0.194. The molecule has 3 aromatic rings. The number of rotatable bonds is 2. The highest BCUT2D eigenvalue weighted by Gasteiger charge is 2.36. The summed E-state index contributed by atoms with van der Waals surface area (Å²) in [5.41, 5.74) is 1.86. The summed E-state index contributed by atoms with van der Waals surface area (Å²) in [5.74, 6) is 0.581. The molecule has 0 spiro atoms. The molecule has 0 fully saturated rings. The number of ether oxygens (including phenoxy) is 1. The molecule has 0 saturated heterocycles. The second-order valence-corrected chi connectivity index (χ2v) is 7.03. The zero-order valence-electron chi connectivity index (χ0n) is 13.8. The van der Waals surface area contributed by atoms with E-state index in [1.807, 2.05) is 30.5 Å². The maximum absolute atomic E-state index is 12.5. The van der Waals surface area contributed by atoms with Crippen LogP contribution in [0.4, 0.5) is 5.69 Å². The second kappa shape index (κ2) is 6.73. The third-order valence-corrected chi connectivity index (χ3v) is 4.84. The van der Waals surface area contributed by atoms with Crippen molar-refractivity contribution in [3.05, 3.63) is 46.8 Å². The Kier molecular flexibility index (Phi) is 4.41. The smallest absolute Gasteiger partial charge is 0.247 e. The molecule has 1 aromatic carbocycles. The molecule has 0 unspecified atom stereocenters. The summed E-state index contributed by atoms with van der Waals surface area (Å²) < 4.78 is 12.3. The van der Waals surface area contributed by atoms with E-state index in [2.05, 4.69) is 31.1 Å². The van der Waals surface area contributed by atoms with Gasteiger partial charge in [-0.25, -0.2) is 0 Å². The number of halogens is 1. The van der Waals surface area contributed by atoms with E-state index in [1.165, 1.54) is 23.6 Å². The van der Waals surface area contributed by atoms with Gasteiger partial charge < -0.3 is 9.15 Å². The lowest BCUT2D eigenvalue weighted by atomic mass is 10.1. The highest BCUT2D eigenvalue weighted by atomic mass is 79.9. The van der Waals surface area contributed by atoms with Gasteiger partial charge in [0, 0.05) is 12.5 Å². The summed E-state index contributed by atoms with van der Waals surface area (Å²) in [6, 6.07) is 10.9. The number of amides is 1. The lowest BCUT2D eigenvalue weighted by molar-refractivity contribution is -0.118. The monoisotopic (exact) mass is 432 g/mol. The van der Waals surface area contributed by atoms with Gasteiger partial charge in [-0.1, -0.05) is 30.0 Å². The average molecular weight is 433 g/mol. The van der Waals surface area contributed by atoms with Gasteiger partial charge in [-0.3, -0.25) is 9.69 Å². The first kappa shape index (κ1) is 17.0. The Bertz CT molecular complexity index is 994. The van der Waals surface area contributed by atoms with Crippen molar-refractivity contribution in [3.8, 4) is 17.1 Å². The molecular weight excluding hydrogens is 420 g/mol. The molecule has 2 aromatic heterocycles. The highest BCUT2D eigenvalue weighted by molar-refractivity contribution is 9.10. The van der Waals surface area contributed by atoms with Crippen LogP contribution in [-0.2, 0) is 4.79 Å². The Labute approximate surface area is 161 Å². The van der Waals surface area contributed by atoms with Crippen molar-refractivity contribution in [1.29, 1.82) is 0 Å². The SMILES string of the molecule is CSc1nnc2c(n1)O[C@@H](c1ccc(Br)o1)N(C(C)=O)c1ccccc1-2. The molecule has 3 heterocycles. The lowest BCUT2D eigenvalue weighted by Crippen LogP contribution is -2.35. The van der Waals surface area contributed by atoms with E-state index in [0.29, 0.717) is 32.8 Å². The molecule has 4 rings (SSSR count). The summed E-state index contributed by atoms with van der Waals surface area (Å²) in [6.07, 6.45) is 1.05. The Balaban J connectivity index is 1.97. The average Bonchev–Trinajstić information content (AvgIpc) is 3.01. The van der Waals surface area contributed by atoms with E-state index < -0.39 is 6.23 Å². The van der Waals surface area contributed by atoms with Gasteiger partial charge in [-0.05, 0) is 40.4 Å². The van der Waals surface area contributed by atoms with Gasteiger partial charge in [0.05, 0.1) is 5.69 Å². The van der Waals surface area contributed by atoms with Gasteiger partial charge in [0.25, 0.3) is 0 Å². The Morgan fingerprint density at radius 2 is 2.04 bits per heavy atom. The molecule has 9 heteroatoms. The summed E-state index contributed by atoms with van der Waals surface area (Å²) >= 11 is 4.66. The number of aromatic nitrogens is 3. The number of anilines is 1. The topological polar surface area (TPSA) is 81.3 Å². The Hall–Kier alpha value is -2.39. The number of nitrogens with zero attached hydrogens (tertiary/aromatic N) is 4. The Morgan fingerprint density at radius 3 is 2.73 bits per heavy atom. The van der Waals surface area contributed by atoms with E-state index in [9.17, 15) is 4.79 Å². The molecule has 1 aliphatic rings. The molecule has 0 N–H and O–H groups in total. The van der Waals surface area contributed by atoms with Gasteiger partial charge in [-0.15, -0.1) is 10.2 Å². The van der Waals surface area contributed by atoms with E-state index in [-0.39, 0.29) is 5.91 Å². The predicted molar refractivity (Wildman–Crippen MR) is 100.0 cm³/mol. The van der Waals surface area contributed by atoms with Crippen molar-refractivity contribution >= 4 is 39.3 Å². The van der Waals surface area contributed by atoms with Gasteiger partial charge in [0.15, 0.2) is 16.1 Å². The van der Waals surface area contributed by atoms with Crippen LogP contribution in [0.1, 0.15) is 18.9 Å². The van der Waals surface area contributed by atoms with Crippen molar-refractivity contribution < 1.29 is 13.9 Å². The summed E-state index contributed by atoms with van der Waals surface area (Å²) in [7, 11) is 0. The van der Waals surface area contributed by atoms with E-state index in [4.69, 9.17) is 9.15 Å². The number of hydrogen-bond donors (Lipinski definition) is 0. The second-order valence-electron chi connectivity index (χ2n) is 5.47. The van der Waals surface area contributed by atoms with E-state index in [0.717, 1.165) is 5.56 Å². The number of benzene rings is 1. The molecule has 1 amide bonds. The van der Waals surface area contributed by atoms with Crippen LogP contribution in [0.2, 0.25) is 0 Å². The van der Waals surface area contributed by atoms with E-state index in [1.54, 1.807) is 12.1 Å². The number of para-hydroxylation sites is 1. The molecule has 0 radical (unpaired) electrons. The van der Waals surface area contributed by atoms with Crippen molar-refractivity contribution in [1.82, 2.24) is 15.2 Å². The van der Waals surface area contributed by atoms with Crippen LogP contribution in [0.3, 0.4) is 0 Å². The van der Waals surface area contributed by atoms with Crippen molar-refractivity contribution in [2.75, 3.05) is 11.2 Å². The fourth-order valence-corrected chi connectivity index (χ4v) is 3.40. The van der Waals surface area contributed by atoms with Crippen molar-refractivity contribution in [3.63, 3.8) is 0 Å². The summed E-state index contributed by atoms with van der Waals surface area (Å²) in [6.45, 7) is 1.48. The largest absolute Gasteiger partial charge is 0.448 e. The minimum atomic E-state index is -0.812. The fourth-order valence-electron chi connectivity index (χ4n) is 2.79. The number of thioether (sulfide) groups is 1. The van der Waals surface area contributed by atoms with Crippen LogP contribution < -0.4 is 9.64 Å². The zero-order valence-corrected chi connectivity index (χ0v) is 16.2. The molecule has 1 atom stereocenters. The molecule has 0 aliphatic carbocycles. The fraction of sp³-hybridized carbons (Fsp3) is 0.176. The standard InChI is InChI=1S/C17H13BrN4O3S/c1-9(23)22-11-6-4-3-5-10(11)14-15(19-17(26-2)21-20-14)25-16(22)12-7-8-13(18)24-12/h3-8,16H,1-2H3/t16-/m0/s1. The molecule has 0 bridgehead atoms. The van der Waals surface area contributed by atoms with E-state index >= 15 is 0 Å². The number of hydrogen-bond acceptors (Lipinski definition) is 7. The molecule has 132 valence electrons. The van der Waals surface area contributed by atoms with Crippen LogP contribution in [0.15, 0.2) is 50.6 Å². The summed E-state index contributed by atoms with van der Waals surface area (Å²) in [5, 5.41) is 8.88. The van der Waals surface area contributed by atoms with Crippen LogP contribution in [0, 0.1) is 0 Å². The van der Waals surface area contributed by atoms with Gasteiger partial charge in [-0.2, -0.15) is 4.98 Å². The number of carbonyl (C=O) groups is 1. The molecule has 26 heavy (non-hydrogen) atoms. The normalized spacial score (nSPS) is 15.7. The third-order valence-electron chi connectivity index (χ3n) is 3.87. The first-order valence-corrected chi connectivity index (χ1v) is 9.70. The predicted octanol–water partition coefficient (Wildman–Crippen LogP) is 4.06. The van der Waals surface area contributed by atoms with Gasteiger partial charge in [0.1, 0.15) is 0 Å². The maximum atomic E-state index is 12.5. The maximum Gasteiger partial charge on any atom is 0.247 e. The zero-order chi connectivity index (χ0) is 18.3. The number of furan rings is 1. The van der Waals surface area contributed by atoms with Crippen LogP contribution in [0.5, 0.6) is 5.88 Å². The first-order chi connectivity index (χ1) is 12.6.